The van der Waals surface area contributed by atoms with Gasteiger partial charge in [0.2, 0.25) is 0 Å². The van der Waals surface area contributed by atoms with Crippen molar-refractivity contribution in [2.75, 3.05) is 6.54 Å². The SMILES string of the molecule is CC1CCC(CNC2C3CCC(C3)C2C(=O)O)O1. The number of aliphatic carboxylic acids is 1. The highest BCUT2D eigenvalue weighted by Crippen LogP contribution is 2.48. The zero-order valence-corrected chi connectivity index (χ0v) is 11.0. The van der Waals surface area contributed by atoms with Gasteiger partial charge in [-0.2, -0.15) is 0 Å². The van der Waals surface area contributed by atoms with E-state index in [0.717, 1.165) is 32.2 Å². The van der Waals surface area contributed by atoms with Crippen molar-refractivity contribution in [3.63, 3.8) is 0 Å². The molecule has 1 saturated heterocycles. The second kappa shape index (κ2) is 4.82. The summed E-state index contributed by atoms with van der Waals surface area (Å²) in [5, 5.41) is 12.9. The van der Waals surface area contributed by atoms with E-state index in [1.54, 1.807) is 0 Å². The van der Waals surface area contributed by atoms with E-state index in [4.69, 9.17) is 4.74 Å². The van der Waals surface area contributed by atoms with Crippen LogP contribution in [0.4, 0.5) is 0 Å². The molecule has 0 aromatic rings. The number of ether oxygens (including phenoxy) is 1. The molecule has 0 aromatic heterocycles. The number of hydrogen-bond acceptors (Lipinski definition) is 3. The molecule has 2 N–H and O–H groups in total. The average Bonchev–Trinajstić information content (AvgIpc) is 3.00. The van der Waals surface area contributed by atoms with Gasteiger partial charge in [-0.15, -0.1) is 0 Å². The third-order valence-electron chi connectivity index (χ3n) is 5.10. The first-order chi connectivity index (χ1) is 8.65. The van der Waals surface area contributed by atoms with Crippen LogP contribution >= 0.6 is 0 Å². The van der Waals surface area contributed by atoms with Crippen LogP contribution in [0.5, 0.6) is 0 Å². The Morgan fingerprint density at radius 2 is 2.06 bits per heavy atom. The number of hydrogen-bond donors (Lipinski definition) is 2. The molecular formula is C14H23NO3. The quantitative estimate of drug-likeness (QED) is 0.799. The van der Waals surface area contributed by atoms with Gasteiger partial charge in [-0.1, -0.05) is 0 Å². The Morgan fingerprint density at radius 1 is 1.28 bits per heavy atom. The van der Waals surface area contributed by atoms with Crippen LogP contribution in [0.25, 0.3) is 0 Å². The summed E-state index contributed by atoms with van der Waals surface area (Å²) in [5.74, 6) is 0.214. The van der Waals surface area contributed by atoms with Crippen LogP contribution in [-0.2, 0) is 9.53 Å². The zero-order chi connectivity index (χ0) is 12.7. The van der Waals surface area contributed by atoms with Crippen LogP contribution in [0.3, 0.4) is 0 Å². The van der Waals surface area contributed by atoms with Crippen molar-refractivity contribution in [1.29, 1.82) is 0 Å². The third-order valence-corrected chi connectivity index (χ3v) is 5.10. The monoisotopic (exact) mass is 253 g/mol. The van der Waals surface area contributed by atoms with Gasteiger partial charge in [0, 0.05) is 12.6 Å². The lowest BCUT2D eigenvalue weighted by Crippen LogP contribution is -2.46. The number of carbonyl (C=O) groups is 1. The molecule has 18 heavy (non-hydrogen) atoms. The molecule has 2 saturated carbocycles. The van der Waals surface area contributed by atoms with E-state index in [0.29, 0.717) is 17.9 Å². The van der Waals surface area contributed by atoms with Gasteiger partial charge < -0.3 is 15.2 Å². The van der Waals surface area contributed by atoms with E-state index in [9.17, 15) is 9.90 Å². The Hall–Kier alpha value is -0.610. The minimum absolute atomic E-state index is 0.164. The molecule has 102 valence electrons. The van der Waals surface area contributed by atoms with Crippen molar-refractivity contribution in [2.45, 2.75) is 57.3 Å². The predicted molar refractivity (Wildman–Crippen MR) is 67.3 cm³/mol. The first-order valence-electron chi connectivity index (χ1n) is 7.27. The fourth-order valence-corrected chi connectivity index (χ4v) is 4.24. The van der Waals surface area contributed by atoms with Crippen molar-refractivity contribution in [3.8, 4) is 0 Å². The van der Waals surface area contributed by atoms with E-state index >= 15 is 0 Å². The van der Waals surface area contributed by atoms with Crippen molar-refractivity contribution in [1.82, 2.24) is 5.32 Å². The van der Waals surface area contributed by atoms with E-state index in [1.807, 2.05) is 0 Å². The molecule has 4 heteroatoms. The topological polar surface area (TPSA) is 58.6 Å². The highest BCUT2D eigenvalue weighted by atomic mass is 16.5. The minimum atomic E-state index is -0.611. The first kappa shape index (κ1) is 12.4. The highest BCUT2D eigenvalue weighted by molar-refractivity contribution is 5.72. The summed E-state index contributed by atoms with van der Waals surface area (Å²) >= 11 is 0. The van der Waals surface area contributed by atoms with E-state index in [2.05, 4.69) is 12.2 Å². The molecule has 3 aliphatic rings. The Kier molecular flexibility index (Phi) is 3.32. The second-order valence-corrected chi connectivity index (χ2v) is 6.28. The standard InChI is InChI=1S/C14H23NO3/c1-8-2-5-11(18-8)7-15-13-10-4-3-9(6-10)12(13)14(16)17/h8-13,15H,2-7H2,1H3,(H,16,17). The van der Waals surface area contributed by atoms with Gasteiger partial charge in [-0.3, -0.25) is 4.79 Å². The van der Waals surface area contributed by atoms with Gasteiger partial charge in [0.25, 0.3) is 0 Å². The lowest BCUT2D eigenvalue weighted by Gasteiger charge is -2.30. The Bertz CT molecular complexity index is 333. The van der Waals surface area contributed by atoms with Crippen molar-refractivity contribution >= 4 is 5.97 Å². The van der Waals surface area contributed by atoms with E-state index in [-0.39, 0.29) is 18.1 Å². The molecule has 0 aromatic carbocycles. The van der Waals surface area contributed by atoms with Gasteiger partial charge in [-0.25, -0.2) is 0 Å². The van der Waals surface area contributed by atoms with Crippen LogP contribution in [-0.4, -0.2) is 35.9 Å². The molecule has 3 fully saturated rings. The van der Waals surface area contributed by atoms with Gasteiger partial charge in [0.1, 0.15) is 0 Å². The predicted octanol–water partition coefficient (Wildman–Crippen LogP) is 1.64. The summed E-state index contributed by atoms with van der Waals surface area (Å²) < 4.78 is 5.79. The molecule has 2 aliphatic carbocycles. The Morgan fingerprint density at radius 3 is 2.72 bits per heavy atom. The highest BCUT2D eigenvalue weighted by Gasteiger charge is 2.50. The number of rotatable bonds is 4. The lowest BCUT2D eigenvalue weighted by atomic mass is 9.84. The molecule has 2 bridgehead atoms. The number of carboxylic acid groups (broad SMARTS) is 1. The summed E-state index contributed by atoms with van der Waals surface area (Å²) in [6.45, 7) is 2.93. The Balaban J connectivity index is 1.56. The van der Waals surface area contributed by atoms with Gasteiger partial charge in [0.15, 0.2) is 0 Å². The van der Waals surface area contributed by atoms with Crippen LogP contribution in [0.2, 0.25) is 0 Å². The minimum Gasteiger partial charge on any atom is -0.481 e. The number of fused-ring (bicyclic) bond motifs is 2. The molecular weight excluding hydrogens is 230 g/mol. The fourth-order valence-electron chi connectivity index (χ4n) is 4.24. The Labute approximate surface area is 108 Å². The van der Waals surface area contributed by atoms with Crippen LogP contribution < -0.4 is 5.32 Å². The van der Waals surface area contributed by atoms with Crippen molar-refractivity contribution in [2.24, 2.45) is 17.8 Å². The van der Waals surface area contributed by atoms with Gasteiger partial charge in [-0.05, 0) is 50.9 Å². The van der Waals surface area contributed by atoms with E-state index in [1.165, 1.54) is 6.42 Å². The summed E-state index contributed by atoms with van der Waals surface area (Å²) in [4.78, 5) is 11.4. The lowest BCUT2D eigenvalue weighted by molar-refractivity contribution is -0.144. The van der Waals surface area contributed by atoms with Crippen LogP contribution in [0.15, 0.2) is 0 Å². The zero-order valence-electron chi connectivity index (χ0n) is 11.0. The van der Waals surface area contributed by atoms with Crippen LogP contribution in [0, 0.1) is 17.8 Å². The third kappa shape index (κ3) is 2.16. The number of carboxylic acids is 1. The molecule has 1 aliphatic heterocycles. The summed E-state index contributed by atoms with van der Waals surface area (Å²) in [6, 6.07) is 0.181. The largest absolute Gasteiger partial charge is 0.481 e. The molecule has 0 amide bonds. The maximum absolute atomic E-state index is 11.4. The van der Waals surface area contributed by atoms with Crippen LogP contribution in [0.1, 0.15) is 39.0 Å². The first-order valence-corrected chi connectivity index (χ1v) is 7.27. The number of nitrogens with one attached hydrogen (secondary N) is 1. The van der Waals surface area contributed by atoms with Gasteiger partial charge >= 0.3 is 5.97 Å². The maximum atomic E-state index is 11.4. The van der Waals surface area contributed by atoms with Crippen molar-refractivity contribution < 1.29 is 14.6 Å². The van der Waals surface area contributed by atoms with E-state index < -0.39 is 5.97 Å². The van der Waals surface area contributed by atoms with Gasteiger partial charge in [0.05, 0.1) is 18.1 Å². The summed E-state index contributed by atoms with van der Waals surface area (Å²) in [7, 11) is 0. The molecule has 1 heterocycles. The molecule has 6 unspecified atom stereocenters. The molecule has 3 rings (SSSR count). The summed E-state index contributed by atoms with van der Waals surface area (Å²) in [5.41, 5.74) is 0. The second-order valence-electron chi connectivity index (χ2n) is 6.28. The molecule has 0 spiro atoms. The fraction of sp³-hybridized carbons (Fsp3) is 0.929. The maximum Gasteiger partial charge on any atom is 0.308 e. The van der Waals surface area contributed by atoms with Crippen molar-refractivity contribution in [3.05, 3.63) is 0 Å². The summed E-state index contributed by atoms with van der Waals surface area (Å²) in [6.07, 6.45) is 6.31. The average molecular weight is 253 g/mol. The molecule has 0 radical (unpaired) electrons. The smallest absolute Gasteiger partial charge is 0.308 e. The normalized spacial score (nSPS) is 46.7. The molecule has 6 atom stereocenters. The molecule has 4 nitrogen and oxygen atoms in total.